The van der Waals surface area contributed by atoms with Crippen LogP contribution in [0, 0.1) is 0 Å². The second-order valence-electron chi connectivity index (χ2n) is 11.2. The molecule has 3 aromatic heterocycles. The first-order chi connectivity index (χ1) is 21.3. The number of rotatable bonds is 2. The Hall–Kier alpha value is -5.94. The molecule has 0 atom stereocenters. The van der Waals surface area contributed by atoms with E-state index in [-0.39, 0.29) is 0 Å². The molecule has 0 amide bonds. The normalized spacial score (nSPS) is 12.2. The average molecular weight is 548 g/mol. The highest BCUT2D eigenvalue weighted by molar-refractivity contribution is 6.37. The highest BCUT2D eigenvalue weighted by atomic mass is 15.1. The topological polar surface area (TPSA) is 56.0 Å². The third-order valence-electron chi connectivity index (χ3n) is 8.87. The summed E-state index contributed by atoms with van der Waals surface area (Å²) >= 11 is 0. The van der Waals surface area contributed by atoms with Crippen molar-refractivity contribution in [2.45, 2.75) is 0 Å². The lowest BCUT2D eigenvalue weighted by Gasteiger charge is -2.17. The Bertz CT molecular complexity index is 2680. The summed E-state index contributed by atoms with van der Waals surface area (Å²) in [4.78, 5) is 18.4. The van der Waals surface area contributed by atoms with Gasteiger partial charge < -0.3 is 0 Å². The Kier molecular flexibility index (Phi) is 4.39. The van der Waals surface area contributed by atoms with E-state index in [1.54, 1.807) is 6.20 Å². The highest BCUT2D eigenvalue weighted by Gasteiger charge is 2.16. The van der Waals surface area contributed by atoms with E-state index in [0.29, 0.717) is 17.3 Å². The smallest absolute Gasteiger partial charge is 0.234 e. The first-order valence-electron chi connectivity index (χ1n) is 14.4. The molecule has 0 radical (unpaired) electrons. The fraction of sp³-hybridized carbons (Fsp3) is 0. The molecule has 5 nitrogen and oxygen atoms in total. The Morgan fingerprint density at radius 3 is 1.70 bits per heavy atom. The maximum atomic E-state index is 4.74. The Morgan fingerprint density at radius 2 is 1.07 bits per heavy atom. The molecule has 5 heteroatoms. The molecule has 10 rings (SSSR count). The molecule has 0 bridgehead atoms. The molecule has 198 valence electrons. The molecule has 0 aliphatic heterocycles. The van der Waals surface area contributed by atoms with Gasteiger partial charge in [0.05, 0.1) is 0 Å². The molecule has 0 unspecified atom stereocenters. The third-order valence-corrected chi connectivity index (χ3v) is 8.87. The minimum Gasteiger partial charge on any atom is -0.290 e. The van der Waals surface area contributed by atoms with Crippen LogP contribution in [0.2, 0.25) is 0 Å². The highest BCUT2D eigenvalue weighted by Crippen LogP contribution is 2.44. The van der Waals surface area contributed by atoms with E-state index in [1.165, 1.54) is 64.6 Å². The van der Waals surface area contributed by atoms with Crippen molar-refractivity contribution >= 4 is 70.4 Å². The molecule has 43 heavy (non-hydrogen) atoms. The summed E-state index contributed by atoms with van der Waals surface area (Å²) in [5.41, 5.74) is 2.75. The number of aromatic nitrogens is 5. The van der Waals surface area contributed by atoms with Gasteiger partial charge in [0.25, 0.3) is 0 Å². The van der Waals surface area contributed by atoms with Crippen LogP contribution >= 0.6 is 0 Å². The lowest BCUT2D eigenvalue weighted by atomic mass is 9.87. The largest absolute Gasteiger partial charge is 0.290 e. The molecule has 7 aromatic carbocycles. The zero-order valence-electron chi connectivity index (χ0n) is 22.9. The predicted molar refractivity (Wildman–Crippen MR) is 176 cm³/mol. The molecule has 0 N–H and O–H groups in total. The SMILES string of the molecule is c1cc2ccc3cccc4c5cc(-c6cnc(-c7cn8cccnc8n7)nc6)cc6ccc7cccc(c(c1)c2c34)c7c65. The lowest BCUT2D eigenvalue weighted by molar-refractivity contribution is 1.11. The van der Waals surface area contributed by atoms with Crippen LogP contribution in [0.25, 0.3) is 93.1 Å². The first-order valence-corrected chi connectivity index (χ1v) is 14.4. The van der Waals surface area contributed by atoms with Gasteiger partial charge in [-0.25, -0.2) is 19.9 Å². The van der Waals surface area contributed by atoms with E-state index in [1.807, 2.05) is 35.3 Å². The number of benzene rings is 6. The van der Waals surface area contributed by atoms with E-state index in [9.17, 15) is 0 Å². The Morgan fingerprint density at radius 1 is 0.488 bits per heavy atom. The summed E-state index contributed by atoms with van der Waals surface area (Å²) in [5, 5.41) is 15.2. The van der Waals surface area contributed by atoms with Gasteiger partial charge in [0.15, 0.2) is 5.82 Å². The van der Waals surface area contributed by atoms with Crippen LogP contribution in [-0.4, -0.2) is 24.3 Å². The van der Waals surface area contributed by atoms with Crippen molar-refractivity contribution in [2.24, 2.45) is 0 Å². The zero-order valence-corrected chi connectivity index (χ0v) is 22.9. The van der Waals surface area contributed by atoms with Crippen LogP contribution in [0.3, 0.4) is 0 Å². The van der Waals surface area contributed by atoms with E-state index >= 15 is 0 Å². The summed E-state index contributed by atoms with van der Waals surface area (Å²) in [5.74, 6) is 1.21. The standard InChI is InChI=1S/C38H21N5/c1-5-22-11-12-23-7-3-10-30-31-18-26(27-19-40-37(41-20-27)32-21-43-16-4-15-39-38(43)42-32)17-25-14-13-24-6-2-9-29(34(24)36(25)31)28(8-1)33(22)35(23)30/h1-21H. The van der Waals surface area contributed by atoms with Gasteiger partial charge in [-0.05, 0) is 88.4 Å². The fourth-order valence-electron chi connectivity index (χ4n) is 7.00. The molecule has 0 aliphatic rings. The predicted octanol–water partition coefficient (Wildman–Crippen LogP) is 9.21. The van der Waals surface area contributed by atoms with E-state index in [2.05, 4.69) is 101 Å². The van der Waals surface area contributed by atoms with Crippen LogP contribution < -0.4 is 0 Å². The van der Waals surface area contributed by atoms with E-state index < -0.39 is 0 Å². The summed E-state index contributed by atoms with van der Waals surface area (Å²) < 4.78 is 1.88. The minimum absolute atomic E-state index is 0.577. The van der Waals surface area contributed by atoms with Gasteiger partial charge in [-0.1, -0.05) is 78.9 Å². The van der Waals surface area contributed by atoms with Gasteiger partial charge in [0, 0.05) is 36.5 Å². The molecule has 0 fully saturated rings. The molecule has 3 heterocycles. The quantitative estimate of drug-likeness (QED) is 0.202. The molecule has 0 saturated carbocycles. The summed E-state index contributed by atoms with van der Waals surface area (Å²) in [6.07, 6.45) is 9.37. The summed E-state index contributed by atoms with van der Waals surface area (Å²) in [7, 11) is 0. The van der Waals surface area contributed by atoms with Gasteiger partial charge in [0.1, 0.15) is 5.69 Å². The molecule has 0 saturated heterocycles. The summed E-state index contributed by atoms with van der Waals surface area (Å²) in [6.45, 7) is 0. The van der Waals surface area contributed by atoms with Crippen LogP contribution in [0.4, 0.5) is 0 Å². The zero-order chi connectivity index (χ0) is 28.1. The van der Waals surface area contributed by atoms with Crippen molar-refractivity contribution in [3.8, 4) is 22.6 Å². The monoisotopic (exact) mass is 547 g/mol. The number of hydrogen-bond donors (Lipinski definition) is 0. The van der Waals surface area contributed by atoms with Crippen molar-refractivity contribution in [2.75, 3.05) is 0 Å². The number of hydrogen-bond acceptors (Lipinski definition) is 4. The third kappa shape index (κ3) is 3.16. The van der Waals surface area contributed by atoms with Gasteiger partial charge in [-0.3, -0.25) is 4.40 Å². The minimum atomic E-state index is 0.577. The second-order valence-corrected chi connectivity index (χ2v) is 11.2. The van der Waals surface area contributed by atoms with E-state index in [0.717, 1.165) is 11.1 Å². The van der Waals surface area contributed by atoms with Crippen molar-refractivity contribution in [3.05, 3.63) is 128 Å². The number of fused-ring (bicyclic) bond motifs is 3. The van der Waals surface area contributed by atoms with Gasteiger partial charge in [-0.2, -0.15) is 0 Å². The van der Waals surface area contributed by atoms with E-state index in [4.69, 9.17) is 9.97 Å². The van der Waals surface area contributed by atoms with Gasteiger partial charge in [-0.15, -0.1) is 0 Å². The van der Waals surface area contributed by atoms with Crippen LogP contribution in [0.5, 0.6) is 0 Å². The van der Waals surface area contributed by atoms with Crippen molar-refractivity contribution < 1.29 is 0 Å². The molecule has 0 aliphatic carbocycles. The molecule has 10 aromatic rings. The van der Waals surface area contributed by atoms with Gasteiger partial charge >= 0.3 is 0 Å². The number of imidazole rings is 1. The van der Waals surface area contributed by atoms with Crippen LogP contribution in [0.15, 0.2) is 128 Å². The van der Waals surface area contributed by atoms with Gasteiger partial charge in [0.2, 0.25) is 5.78 Å². The molecule has 0 spiro atoms. The average Bonchev–Trinajstić information content (AvgIpc) is 3.51. The molecular weight excluding hydrogens is 526 g/mol. The molecular formula is C38H21N5. The van der Waals surface area contributed by atoms with Crippen molar-refractivity contribution in [1.82, 2.24) is 24.3 Å². The Balaban J connectivity index is 1.31. The second kappa shape index (κ2) is 8.30. The van der Waals surface area contributed by atoms with Crippen LogP contribution in [-0.2, 0) is 0 Å². The number of nitrogens with zero attached hydrogens (tertiary/aromatic N) is 5. The van der Waals surface area contributed by atoms with Crippen molar-refractivity contribution in [3.63, 3.8) is 0 Å². The maximum absolute atomic E-state index is 4.74. The lowest BCUT2D eigenvalue weighted by Crippen LogP contribution is -1.92. The van der Waals surface area contributed by atoms with Crippen LogP contribution in [0.1, 0.15) is 0 Å². The summed E-state index contributed by atoms with van der Waals surface area (Å²) in [6, 6.07) is 35.6. The van der Waals surface area contributed by atoms with Crippen molar-refractivity contribution in [1.29, 1.82) is 0 Å². The fourth-order valence-corrected chi connectivity index (χ4v) is 7.00. The first kappa shape index (κ1) is 22.7. The Labute approximate surface area is 245 Å². The maximum Gasteiger partial charge on any atom is 0.234 e.